The van der Waals surface area contributed by atoms with Crippen LogP contribution in [0.4, 0.5) is 0 Å². The van der Waals surface area contributed by atoms with Crippen molar-refractivity contribution in [1.82, 2.24) is 0 Å². The summed E-state index contributed by atoms with van der Waals surface area (Å²) in [5, 5.41) is 13.3. The Morgan fingerprint density at radius 2 is 1.59 bits per heavy atom. The van der Waals surface area contributed by atoms with Crippen LogP contribution in [0.3, 0.4) is 0 Å². The number of nitrogens with zero attached hydrogens (tertiary/aromatic N) is 1. The lowest BCUT2D eigenvalue weighted by molar-refractivity contribution is -0.129. The van der Waals surface area contributed by atoms with Crippen molar-refractivity contribution < 1.29 is 14.7 Å². The zero-order chi connectivity index (χ0) is 15.6. The van der Waals surface area contributed by atoms with Gasteiger partial charge in [0.2, 0.25) is 0 Å². The van der Waals surface area contributed by atoms with Gasteiger partial charge in [0, 0.05) is 11.1 Å². The molecule has 0 aromatic heterocycles. The number of aliphatic carboxylic acids is 1. The Bertz CT molecular complexity index is 655. The van der Waals surface area contributed by atoms with Crippen LogP contribution in [0.25, 0.3) is 0 Å². The monoisotopic (exact) mass is 295 g/mol. The van der Waals surface area contributed by atoms with Crippen molar-refractivity contribution in [2.24, 2.45) is 11.1 Å². The number of hydrogen-bond donors (Lipinski definition) is 1. The van der Waals surface area contributed by atoms with Gasteiger partial charge in [-0.2, -0.15) is 0 Å². The van der Waals surface area contributed by atoms with Crippen molar-refractivity contribution in [2.75, 3.05) is 0 Å². The highest BCUT2D eigenvalue weighted by Gasteiger charge is 2.52. The molecule has 1 heterocycles. The van der Waals surface area contributed by atoms with Crippen molar-refractivity contribution in [3.05, 3.63) is 71.8 Å². The van der Waals surface area contributed by atoms with E-state index in [9.17, 15) is 9.90 Å². The number of hydrogen-bond acceptors (Lipinski definition) is 3. The van der Waals surface area contributed by atoms with Gasteiger partial charge in [-0.05, 0) is 6.42 Å². The van der Waals surface area contributed by atoms with E-state index in [1.165, 1.54) is 0 Å². The lowest BCUT2D eigenvalue weighted by atomic mass is 9.73. The maximum absolute atomic E-state index is 11.5. The number of carboxylic acids is 1. The molecule has 0 saturated heterocycles. The zero-order valence-corrected chi connectivity index (χ0v) is 12.3. The number of oxime groups is 1. The van der Waals surface area contributed by atoms with Crippen LogP contribution in [0, 0.1) is 5.92 Å². The van der Waals surface area contributed by atoms with Gasteiger partial charge in [-0.3, -0.25) is 0 Å². The van der Waals surface area contributed by atoms with Crippen molar-refractivity contribution >= 4 is 11.7 Å². The van der Waals surface area contributed by atoms with Crippen LogP contribution in [0.2, 0.25) is 0 Å². The van der Waals surface area contributed by atoms with Crippen LogP contribution in [-0.2, 0) is 15.2 Å². The lowest BCUT2D eigenvalue weighted by Crippen LogP contribution is -2.39. The van der Waals surface area contributed by atoms with Gasteiger partial charge < -0.3 is 9.94 Å². The second kappa shape index (κ2) is 5.64. The highest BCUT2D eigenvalue weighted by molar-refractivity contribution is 6.37. The van der Waals surface area contributed by atoms with Gasteiger partial charge in [0.1, 0.15) is 0 Å². The molecule has 0 amide bonds. The summed E-state index contributed by atoms with van der Waals surface area (Å²) in [7, 11) is 0. The third-order valence-electron chi connectivity index (χ3n) is 4.14. The second-order valence-corrected chi connectivity index (χ2v) is 5.30. The molecule has 1 atom stereocenters. The molecule has 2 aromatic rings. The molecule has 3 rings (SSSR count). The van der Waals surface area contributed by atoms with Gasteiger partial charge in [-0.25, -0.2) is 4.79 Å². The summed E-state index contributed by atoms with van der Waals surface area (Å²) in [5.41, 5.74) is 1.02. The van der Waals surface area contributed by atoms with E-state index >= 15 is 0 Å². The average molecular weight is 295 g/mol. The summed E-state index contributed by atoms with van der Waals surface area (Å²) in [5.74, 6) is -1.37. The van der Waals surface area contributed by atoms with Crippen LogP contribution >= 0.6 is 0 Å². The first kappa shape index (κ1) is 14.3. The van der Waals surface area contributed by atoms with Gasteiger partial charge in [-0.1, -0.05) is 72.7 Å². The molecular formula is C18H17NO3. The topological polar surface area (TPSA) is 58.9 Å². The Kier molecular flexibility index (Phi) is 3.67. The summed E-state index contributed by atoms with van der Waals surface area (Å²) < 4.78 is 0. The smallest absolute Gasteiger partial charge is 0.354 e. The molecule has 0 saturated carbocycles. The van der Waals surface area contributed by atoms with E-state index in [4.69, 9.17) is 4.84 Å². The van der Waals surface area contributed by atoms with E-state index in [-0.39, 0.29) is 11.6 Å². The van der Waals surface area contributed by atoms with Gasteiger partial charge in [-0.15, -0.1) is 0 Å². The Morgan fingerprint density at radius 3 is 2.00 bits per heavy atom. The molecule has 2 aromatic carbocycles. The summed E-state index contributed by atoms with van der Waals surface area (Å²) in [6, 6.07) is 19.4. The molecule has 0 radical (unpaired) electrons. The molecule has 4 nitrogen and oxygen atoms in total. The normalized spacial score (nSPS) is 19.3. The Hall–Kier alpha value is -2.62. The molecule has 112 valence electrons. The highest BCUT2D eigenvalue weighted by atomic mass is 16.7. The third kappa shape index (κ3) is 2.08. The van der Waals surface area contributed by atoms with E-state index in [1.807, 2.05) is 67.6 Å². The fourth-order valence-electron chi connectivity index (χ4n) is 3.16. The minimum Gasteiger partial charge on any atom is -0.477 e. The number of carboxylic acid groups (broad SMARTS) is 1. The minimum absolute atomic E-state index is 0.0789. The third-order valence-corrected chi connectivity index (χ3v) is 4.14. The molecule has 0 aliphatic carbocycles. The predicted octanol–water partition coefficient (Wildman–Crippen LogP) is 3.43. The predicted molar refractivity (Wildman–Crippen MR) is 83.6 cm³/mol. The Morgan fingerprint density at radius 1 is 1.09 bits per heavy atom. The van der Waals surface area contributed by atoms with Crippen molar-refractivity contribution in [3.63, 3.8) is 0 Å². The summed E-state index contributed by atoms with van der Waals surface area (Å²) in [6.07, 6.45) is 0.620. The molecule has 0 spiro atoms. The first-order chi connectivity index (χ1) is 10.7. The molecule has 0 fully saturated rings. The minimum atomic E-state index is -1.03. The van der Waals surface area contributed by atoms with E-state index in [2.05, 4.69) is 5.16 Å². The fraction of sp³-hybridized carbons (Fsp3) is 0.222. The summed E-state index contributed by atoms with van der Waals surface area (Å²) >= 11 is 0. The van der Waals surface area contributed by atoms with Crippen LogP contribution < -0.4 is 0 Å². The van der Waals surface area contributed by atoms with E-state index in [0.717, 1.165) is 11.1 Å². The molecular weight excluding hydrogens is 278 g/mol. The number of benzene rings is 2. The van der Waals surface area contributed by atoms with Crippen molar-refractivity contribution in [2.45, 2.75) is 18.9 Å². The fourth-order valence-corrected chi connectivity index (χ4v) is 3.16. The van der Waals surface area contributed by atoms with Crippen LogP contribution in [0.5, 0.6) is 0 Å². The van der Waals surface area contributed by atoms with E-state index in [1.54, 1.807) is 0 Å². The quantitative estimate of drug-likeness (QED) is 0.940. The average Bonchev–Trinajstić information content (AvgIpc) is 2.97. The number of rotatable bonds is 4. The van der Waals surface area contributed by atoms with Crippen molar-refractivity contribution in [1.29, 1.82) is 0 Å². The van der Waals surface area contributed by atoms with Gasteiger partial charge in [0.15, 0.2) is 11.3 Å². The largest absolute Gasteiger partial charge is 0.477 e. The molecule has 0 bridgehead atoms. The molecule has 1 unspecified atom stereocenters. The SMILES string of the molecule is CCC1C(C(=O)O)=NOC1(c1ccccc1)c1ccccc1. The summed E-state index contributed by atoms with van der Waals surface area (Å²) in [6.45, 7) is 1.96. The Labute approximate surface area is 129 Å². The van der Waals surface area contributed by atoms with E-state index < -0.39 is 11.6 Å². The molecule has 22 heavy (non-hydrogen) atoms. The maximum Gasteiger partial charge on any atom is 0.354 e. The van der Waals surface area contributed by atoms with Gasteiger partial charge >= 0.3 is 5.97 Å². The molecule has 4 heteroatoms. The van der Waals surface area contributed by atoms with Crippen LogP contribution in [-0.4, -0.2) is 16.8 Å². The second-order valence-electron chi connectivity index (χ2n) is 5.30. The first-order valence-electron chi connectivity index (χ1n) is 7.30. The highest BCUT2D eigenvalue weighted by Crippen LogP contribution is 2.46. The Balaban J connectivity index is 2.20. The first-order valence-corrected chi connectivity index (χ1v) is 7.30. The standard InChI is InChI=1S/C18H17NO3/c1-2-15-16(17(20)21)19-22-18(15,13-9-5-3-6-10-13)14-11-7-4-8-12-14/h3-12,15H,2H2,1H3,(H,20,21). The van der Waals surface area contributed by atoms with E-state index in [0.29, 0.717) is 6.42 Å². The molecule has 1 N–H and O–H groups in total. The maximum atomic E-state index is 11.5. The van der Waals surface area contributed by atoms with Gasteiger partial charge in [0.25, 0.3) is 0 Å². The van der Waals surface area contributed by atoms with Crippen molar-refractivity contribution in [3.8, 4) is 0 Å². The molecule has 1 aliphatic rings. The van der Waals surface area contributed by atoms with Crippen LogP contribution in [0.15, 0.2) is 65.8 Å². The molecule has 1 aliphatic heterocycles. The number of carbonyl (C=O) groups is 1. The lowest BCUT2D eigenvalue weighted by Gasteiger charge is -2.33. The van der Waals surface area contributed by atoms with Crippen LogP contribution in [0.1, 0.15) is 24.5 Å². The van der Waals surface area contributed by atoms with Gasteiger partial charge in [0.05, 0.1) is 5.92 Å². The summed E-state index contributed by atoms with van der Waals surface area (Å²) in [4.78, 5) is 17.3. The zero-order valence-electron chi connectivity index (χ0n) is 12.3.